The number of hydrogen-bond donors (Lipinski definition) is 3. The van der Waals surface area contributed by atoms with E-state index in [1.807, 2.05) is 0 Å². The van der Waals surface area contributed by atoms with E-state index >= 15 is 0 Å². The summed E-state index contributed by atoms with van der Waals surface area (Å²) in [6.45, 7) is 0. The van der Waals surface area contributed by atoms with Gasteiger partial charge in [-0.3, -0.25) is 0 Å². The Bertz CT molecular complexity index is 144. The minimum absolute atomic E-state index is 0. The second kappa shape index (κ2) is 10.5. The zero-order valence-corrected chi connectivity index (χ0v) is 10.6. The lowest BCUT2D eigenvalue weighted by Crippen LogP contribution is -2.04. The highest BCUT2D eigenvalue weighted by molar-refractivity contribution is 8.23. The maximum absolute atomic E-state index is 5.30. The van der Waals surface area contributed by atoms with Crippen LogP contribution in [0.25, 0.3) is 0 Å². The molecule has 0 saturated heterocycles. The second-order valence-electron chi connectivity index (χ2n) is 2.04. The Labute approximate surface area is 98.3 Å². The highest BCUT2D eigenvalue weighted by Gasteiger charge is 1.93. The van der Waals surface area contributed by atoms with E-state index in [2.05, 4.69) is 0 Å². The van der Waals surface area contributed by atoms with Crippen LogP contribution in [0.4, 0.5) is 0 Å². The van der Waals surface area contributed by atoms with Gasteiger partial charge in [0.15, 0.2) is 0 Å². The van der Waals surface area contributed by atoms with Crippen LogP contribution in [0.15, 0.2) is 0 Å². The first-order valence-electron chi connectivity index (χ1n) is 3.47. The van der Waals surface area contributed by atoms with Gasteiger partial charge in [0.25, 0.3) is 0 Å². The van der Waals surface area contributed by atoms with E-state index in [1.54, 1.807) is 0 Å². The van der Waals surface area contributed by atoms with Crippen LogP contribution < -0.4 is 17.6 Å². The molecule has 0 aromatic carbocycles. The molecule has 0 amide bonds. The van der Waals surface area contributed by atoms with Gasteiger partial charge in [0.2, 0.25) is 0 Å². The molecular weight excluding hydrogens is 242 g/mol. The van der Waals surface area contributed by atoms with Gasteiger partial charge in [0.1, 0.15) is 8.64 Å². The van der Waals surface area contributed by atoms with Gasteiger partial charge in [0.05, 0.1) is 0 Å². The zero-order chi connectivity index (χ0) is 9.40. The molecule has 78 valence electrons. The largest absolute Gasteiger partial charge is 0.385 e. The fraction of sp³-hybridized carbons (Fsp3) is 0.667. The maximum Gasteiger partial charge on any atom is 0.131 e. The third-order valence-corrected chi connectivity index (χ3v) is 3.29. The number of thioether (sulfide) groups is 2. The lowest BCUT2D eigenvalue weighted by atomic mass is 10.4. The van der Waals surface area contributed by atoms with Gasteiger partial charge >= 0.3 is 0 Å². The van der Waals surface area contributed by atoms with Crippen LogP contribution in [0.1, 0.15) is 12.8 Å². The summed E-state index contributed by atoms with van der Waals surface area (Å²) >= 11 is 12.5. The van der Waals surface area contributed by atoms with Crippen LogP contribution in [0.3, 0.4) is 0 Å². The molecule has 0 aliphatic carbocycles. The van der Waals surface area contributed by atoms with Crippen molar-refractivity contribution in [1.82, 2.24) is 6.15 Å². The second-order valence-corrected chi connectivity index (χ2v) is 5.71. The number of hydrogen-bond acceptors (Lipinski definition) is 5. The molecule has 0 rings (SSSR count). The molecule has 7 heteroatoms. The van der Waals surface area contributed by atoms with E-state index in [-0.39, 0.29) is 6.15 Å². The molecule has 0 saturated carbocycles. The Balaban J connectivity index is 0. The Hall–Kier alpha value is 0.440. The van der Waals surface area contributed by atoms with Gasteiger partial charge in [-0.2, -0.15) is 0 Å². The molecule has 0 aliphatic rings. The van der Waals surface area contributed by atoms with E-state index in [9.17, 15) is 0 Å². The molecule has 7 N–H and O–H groups in total. The number of rotatable bonds is 5. The maximum atomic E-state index is 5.30. The summed E-state index contributed by atoms with van der Waals surface area (Å²) in [4.78, 5) is 0. The van der Waals surface area contributed by atoms with Crippen molar-refractivity contribution in [3.8, 4) is 0 Å². The van der Waals surface area contributed by atoms with Crippen molar-refractivity contribution < 1.29 is 0 Å². The highest BCUT2D eigenvalue weighted by atomic mass is 32.2. The Morgan fingerprint density at radius 1 is 0.923 bits per heavy atom. The quantitative estimate of drug-likeness (QED) is 0.512. The lowest BCUT2D eigenvalue weighted by molar-refractivity contribution is 0.911. The molecule has 3 nitrogen and oxygen atoms in total. The van der Waals surface area contributed by atoms with Crippen molar-refractivity contribution in [2.45, 2.75) is 12.8 Å². The predicted molar refractivity (Wildman–Crippen MR) is 72.7 cm³/mol. The van der Waals surface area contributed by atoms with Gasteiger partial charge in [-0.1, -0.05) is 48.0 Å². The van der Waals surface area contributed by atoms with Crippen LogP contribution >= 0.6 is 48.0 Å². The molecule has 0 aliphatic heterocycles. The summed E-state index contributed by atoms with van der Waals surface area (Å²) in [5.74, 6) is 1.99. The van der Waals surface area contributed by atoms with Crippen LogP contribution in [0.5, 0.6) is 0 Å². The van der Waals surface area contributed by atoms with Gasteiger partial charge in [-0.25, -0.2) is 0 Å². The number of nitrogens with two attached hydrogens (primary N) is 2. The van der Waals surface area contributed by atoms with Crippen LogP contribution in [0, 0.1) is 0 Å². The molecule has 0 spiro atoms. The summed E-state index contributed by atoms with van der Waals surface area (Å²) in [5, 5.41) is 0. The lowest BCUT2D eigenvalue weighted by Gasteiger charge is -1.99. The highest BCUT2D eigenvalue weighted by Crippen LogP contribution is 2.08. The Morgan fingerprint density at radius 3 is 1.46 bits per heavy atom. The van der Waals surface area contributed by atoms with Crippen molar-refractivity contribution >= 4 is 56.6 Å². The van der Waals surface area contributed by atoms with E-state index in [1.165, 1.54) is 23.5 Å². The SMILES string of the molecule is N.NC(=S)SCCCCSC(N)=S. The van der Waals surface area contributed by atoms with E-state index in [0.717, 1.165) is 24.3 Å². The minimum Gasteiger partial charge on any atom is -0.385 e. The topological polar surface area (TPSA) is 87.0 Å². The molecule has 0 aromatic rings. The average molecular weight is 257 g/mol. The van der Waals surface area contributed by atoms with Gasteiger partial charge < -0.3 is 17.6 Å². The summed E-state index contributed by atoms with van der Waals surface area (Å²) in [6, 6.07) is 0. The van der Waals surface area contributed by atoms with Gasteiger partial charge in [-0.05, 0) is 12.8 Å². The third kappa shape index (κ3) is 15.2. The molecule has 13 heavy (non-hydrogen) atoms. The first-order chi connectivity index (χ1) is 5.63. The molecule has 0 heterocycles. The van der Waals surface area contributed by atoms with Crippen molar-refractivity contribution in [2.24, 2.45) is 11.5 Å². The summed E-state index contributed by atoms with van der Waals surface area (Å²) in [7, 11) is 0. The fourth-order valence-electron chi connectivity index (χ4n) is 0.550. The van der Waals surface area contributed by atoms with Crippen molar-refractivity contribution in [3.05, 3.63) is 0 Å². The Kier molecular flexibility index (Phi) is 12.9. The summed E-state index contributed by atoms with van der Waals surface area (Å²) in [5.41, 5.74) is 10.6. The first-order valence-corrected chi connectivity index (χ1v) is 6.26. The molecule has 0 radical (unpaired) electrons. The fourth-order valence-corrected chi connectivity index (χ4v) is 2.15. The minimum atomic E-state index is 0. The van der Waals surface area contributed by atoms with Crippen LogP contribution in [-0.2, 0) is 0 Å². The van der Waals surface area contributed by atoms with E-state index in [0.29, 0.717) is 8.64 Å². The smallest absolute Gasteiger partial charge is 0.131 e. The standard InChI is InChI=1S/C6H12N2S4.H3N/c7-5(9)11-3-1-2-4-12-6(8)10;/h1-4H2,(H2,7,9)(H2,8,10);1H3. The zero-order valence-electron chi connectivity index (χ0n) is 7.32. The summed E-state index contributed by atoms with van der Waals surface area (Å²) < 4.78 is 1.05. The molecule has 0 fully saturated rings. The number of unbranched alkanes of at least 4 members (excludes halogenated alkanes) is 1. The molecule has 0 unspecified atom stereocenters. The third-order valence-electron chi connectivity index (χ3n) is 1.03. The van der Waals surface area contributed by atoms with Crippen molar-refractivity contribution in [3.63, 3.8) is 0 Å². The van der Waals surface area contributed by atoms with Crippen LogP contribution in [0.2, 0.25) is 0 Å². The van der Waals surface area contributed by atoms with Gasteiger partial charge in [-0.15, -0.1) is 0 Å². The normalized spacial score (nSPS) is 8.92. The Morgan fingerprint density at radius 2 is 1.23 bits per heavy atom. The van der Waals surface area contributed by atoms with E-state index in [4.69, 9.17) is 35.9 Å². The number of thiocarbonyl (C=S) groups is 2. The predicted octanol–water partition coefficient (Wildman–Crippen LogP) is 1.88. The van der Waals surface area contributed by atoms with Crippen molar-refractivity contribution in [2.75, 3.05) is 11.5 Å². The van der Waals surface area contributed by atoms with E-state index < -0.39 is 0 Å². The molecule has 0 atom stereocenters. The average Bonchev–Trinajstić information content (AvgIpc) is 1.95. The molecule has 0 aromatic heterocycles. The monoisotopic (exact) mass is 257 g/mol. The molecular formula is C6H15N3S4. The summed E-state index contributed by atoms with van der Waals surface area (Å²) in [6.07, 6.45) is 2.22. The molecule has 0 bridgehead atoms. The van der Waals surface area contributed by atoms with Crippen LogP contribution in [-0.4, -0.2) is 20.1 Å². The first kappa shape index (κ1) is 15.9. The van der Waals surface area contributed by atoms with Gasteiger partial charge in [0, 0.05) is 11.5 Å². The van der Waals surface area contributed by atoms with Crippen molar-refractivity contribution in [1.29, 1.82) is 0 Å².